The van der Waals surface area contributed by atoms with E-state index in [0.29, 0.717) is 12.3 Å². The lowest BCUT2D eigenvalue weighted by atomic mass is 9.82. The van der Waals surface area contributed by atoms with Crippen LogP contribution in [0.3, 0.4) is 0 Å². The normalized spacial score (nSPS) is 24.4. The number of aliphatic carboxylic acids is 1. The second-order valence-corrected chi connectivity index (χ2v) is 4.96. The molecule has 0 amide bonds. The van der Waals surface area contributed by atoms with Gasteiger partial charge >= 0.3 is 5.97 Å². The summed E-state index contributed by atoms with van der Waals surface area (Å²) in [5.41, 5.74) is 0. The van der Waals surface area contributed by atoms with Crippen LogP contribution in [0.4, 0.5) is 0 Å². The van der Waals surface area contributed by atoms with Crippen LogP contribution in [0.25, 0.3) is 0 Å². The minimum Gasteiger partial charge on any atom is -0.481 e. The van der Waals surface area contributed by atoms with Crippen molar-refractivity contribution in [2.75, 3.05) is 20.1 Å². The Balaban J connectivity index is 1.90. The number of unbranched alkanes of at least 4 members (excludes halogenated alkanes) is 2. The summed E-state index contributed by atoms with van der Waals surface area (Å²) in [7, 11) is 2.10. The van der Waals surface area contributed by atoms with Crippen molar-refractivity contribution in [2.24, 2.45) is 5.92 Å². The average Bonchev–Trinajstić information content (AvgIpc) is 2.14. The molecule has 0 bridgehead atoms. The largest absolute Gasteiger partial charge is 0.481 e. The van der Waals surface area contributed by atoms with E-state index in [-0.39, 0.29) is 6.10 Å². The van der Waals surface area contributed by atoms with Crippen LogP contribution in [-0.2, 0) is 4.79 Å². The Morgan fingerprint density at radius 3 is 2.56 bits per heavy atom. The van der Waals surface area contributed by atoms with E-state index in [4.69, 9.17) is 10.2 Å². The SMILES string of the molecule is CN(CCCCCC(=O)O)CC1CC(O)C1. The van der Waals surface area contributed by atoms with E-state index in [2.05, 4.69) is 11.9 Å². The van der Waals surface area contributed by atoms with Crippen molar-refractivity contribution in [1.29, 1.82) is 0 Å². The molecular formula is C12H23NO3. The van der Waals surface area contributed by atoms with Crippen LogP contribution in [0.2, 0.25) is 0 Å². The van der Waals surface area contributed by atoms with Crippen molar-refractivity contribution >= 4 is 5.97 Å². The molecule has 0 aromatic rings. The van der Waals surface area contributed by atoms with E-state index in [9.17, 15) is 4.79 Å². The molecule has 4 nitrogen and oxygen atoms in total. The van der Waals surface area contributed by atoms with Crippen molar-refractivity contribution in [2.45, 2.75) is 44.6 Å². The number of carbonyl (C=O) groups is 1. The van der Waals surface area contributed by atoms with E-state index in [1.165, 1.54) is 0 Å². The van der Waals surface area contributed by atoms with Crippen LogP contribution < -0.4 is 0 Å². The molecule has 0 unspecified atom stereocenters. The highest BCUT2D eigenvalue weighted by atomic mass is 16.4. The number of hydrogen-bond acceptors (Lipinski definition) is 3. The molecular weight excluding hydrogens is 206 g/mol. The van der Waals surface area contributed by atoms with Gasteiger partial charge in [-0.05, 0) is 45.2 Å². The Bertz CT molecular complexity index is 214. The van der Waals surface area contributed by atoms with Gasteiger partial charge in [0, 0.05) is 13.0 Å². The van der Waals surface area contributed by atoms with Crippen LogP contribution in [0.15, 0.2) is 0 Å². The Morgan fingerprint density at radius 2 is 2.00 bits per heavy atom. The van der Waals surface area contributed by atoms with Gasteiger partial charge in [0.1, 0.15) is 0 Å². The van der Waals surface area contributed by atoms with E-state index >= 15 is 0 Å². The van der Waals surface area contributed by atoms with Gasteiger partial charge in [-0.2, -0.15) is 0 Å². The lowest BCUT2D eigenvalue weighted by Gasteiger charge is -2.34. The third kappa shape index (κ3) is 5.47. The van der Waals surface area contributed by atoms with Crippen molar-refractivity contribution in [3.8, 4) is 0 Å². The van der Waals surface area contributed by atoms with Gasteiger partial charge in [-0.3, -0.25) is 4.79 Å². The van der Waals surface area contributed by atoms with Gasteiger partial charge < -0.3 is 15.1 Å². The molecule has 1 fully saturated rings. The summed E-state index contributed by atoms with van der Waals surface area (Å²) in [5.74, 6) is -0.0316. The molecule has 0 aromatic carbocycles. The van der Waals surface area contributed by atoms with Crippen LogP contribution in [0, 0.1) is 5.92 Å². The molecule has 0 spiro atoms. The fourth-order valence-corrected chi connectivity index (χ4v) is 2.22. The quantitative estimate of drug-likeness (QED) is 0.616. The van der Waals surface area contributed by atoms with Crippen molar-refractivity contribution in [3.05, 3.63) is 0 Å². The van der Waals surface area contributed by atoms with Crippen LogP contribution >= 0.6 is 0 Å². The average molecular weight is 229 g/mol. The second kappa shape index (κ2) is 6.86. The van der Waals surface area contributed by atoms with E-state index in [1.807, 2.05) is 0 Å². The molecule has 0 heterocycles. The summed E-state index contributed by atoms with van der Waals surface area (Å²) in [6, 6.07) is 0. The number of aliphatic hydroxyl groups is 1. The van der Waals surface area contributed by atoms with Crippen LogP contribution in [-0.4, -0.2) is 47.3 Å². The van der Waals surface area contributed by atoms with Crippen molar-refractivity contribution in [3.63, 3.8) is 0 Å². The van der Waals surface area contributed by atoms with Crippen molar-refractivity contribution in [1.82, 2.24) is 4.90 Å². The maximum atomic E-state index is 10.3. The first kappa shape index (κ1) is 13.5. The summed E-state index contributed by atoms with van der Waals surface area (Å²) in [6.07, 6.45) is 4.97. The van der Waals surface area contributed by atoms with Gasteiger partial charge in [-0.25, -0.2) is 0 Å². The summed E-state index contributed by atoms with van der Waals surface area (Å²) in [4.78, 5) is 12.6. The zero-order chi connectivity index (χ0) is 12.0. The molecule has 16 heavy (non-hydrogen) atoms. The minimum absolute atomic E-state index is 0.0611. The van der Waals surface area contributed by atoms with Gasteiger partial charge in [-0.1, -0.05) is 6.42 Å². The van der Waals surface area contributed by atoms with Gasteiger partial charge in [0.25, 0.3) is 0 Å². The first-order chi connectivity index (χ1) is 7.58. The number of aliphatic hydroxyl groups excluding tert-OH is 1. The molecule has 0 saturated heterocycles. The molecule has 1 aliphatic rings. The highest BCUT2D eigenvalue weighted by Gasteiger charge is 2.27. The fourth-order valence-electron chi connectivity index (χ4n) is 2.22. The zero-order valence-corrected chi connectivity index (χ0v) is 10.1. The Labute approximate surface area is 97.3 Å². The molecule has 94 valence electrons. The third-order valence-corrected chi connectivity index (χ3v) is 3.21. The highest BCUT2D eigenvalue weighted by molar-refractivity contribution is 5.66. The molecule has 0 radical (unpaired) electrons. The summed E-state index contributed by atoms with van der Waals surface area (Å²) < 4.78 is 0. The lowest BCUT2D eigenvalue weighted by molar-refractivity contribution is -0.137. The predicted molar refractivity (Wildman–Crippen MR) is 62.3 cm³/mol. The maximum Gasteiger partial charge on any atom is 0.303 e. The molecule has 0 atom stereocenters. The number of carboxylic acids is 1. The summed E-state index contributed by atoms with van der Waals surface area (Å²) in [5, 5.41) is 17.6. The molecule has 1 aliphatic carbocycles. The van der Waals surface area contributed by atoms with E-state index in [0.717, 1.165) is 45.2 Å². The number of hydrogen-bond donors (Lipinski definition) is 2. The van der Waals surface area contributed by atoms with Gasteiger partial charge in [-0.15, -0.1) is 0 Å². The van der Waals surface area contributed by atoms with Gasteiger partial charge in [0.2, 0.25) is 0 Å². The van der Waals surface area contributed by atoms with E-state index in [1.54, 1.807) is 0 Å². The first-order valence-corrected chi connectivity index (χ1v) is 6.16. The lowest BCUT2D eigenvalue weighted by Crippen LogP contribution is -2.37. The highest BCUT2D eigenvalue weighted by Crippen LogP contribution is 2.27. The molecule has 0 aromatic heterocycles. The smallest absolute Gasteiger partial charge is 0.303 e. The number of rotatable bonds is 8. The van der Waals surface area contributed by atoms with Crippen molar-refractivity contribution < 1.29 is 15.0 Å². The second-order valence-electron chi connectivity index (χ2n) is 4.96. The minimum atomic E-state index is -0.697. The molecule has 4 heteroatoms. The Morgan fingerprint density at radius 1 is 1.31 bits per heavy atom. The number of nitrogens with zero attached hydrogens (tertiary/aromatic N) is 1. The summed E-state index contributed by atoms with van der Waals surface area (Å²) in [6.45, 7) is 2.10. The molecule has 1 saturated carbocycles. The standard InChI is InChI=1S/C12H23NO3/c1-13(9-10-7-11(14)8-10)6-4-2-3-5-12(15)16/h10-11,14H,2-9H2,1H3,(H,15,16). The Hall–Kier alpha value is -0.610. The van der Waals surface area contributed by atoms with E-state index < -0.39 is 5.97 Å². The molecule has 2 N–H and O–H groups in total. The number of carboxylic acid groups (broad SMARTS) is 1. The summed E-state index contributed by atoms with van der Waals surface area (Å²) >= 11 is 0. The van der Waals surface area contributed by atoms with Gasteiger partial charge in [0.05, 0.1) is 6.10 Å². The van der Waals surface area contributed by atoms with Crippen LogP contribution in [0.5, 0.6) is 0 Å². The maximum absolute atomic E-state index is 10.3. The Kier molecular flexibility index (Phi) is 5.77. The molecule has 0 aliphatic heterocycles. The third-order valence-electron chi connectivity index (χ3n) is 3.21. The first-order valence-electron chi connectivity index (χ1n) is 6.16. The van der Waals surface area contributed by atoms with Crippen LogP contribution in [0.1, 0.15) is 38.5 Å². The topological polar surface area (TPSA) is 60.8 Å². The zero-order valence-electron chi connectivity index (χ0n) is 10.1. The monoisotopic (exact) mass is 229 g/mol. The van der Waals surface area contributed by atoms with Gasteiger partial charge in [0.15, 0.2) is 0 Å². The predicted octanol–water partition coefficient (Wildman–Crippen LogP) is 1.33. The molecule has 1 rings (SSSR count). The fraction of sp³-hybridized carbons (Fsp3) is 0.917.